The summed E-state index contributed by atoms with van der Waals surface area (Å²) in [6, 6.07) is 7.74. The molecule has 0 spiro atoms. The SMILES string of the molecule is COc1ccc(-c2c(C)sc(N)c2C#N)cc1OC. The lowest BCUT2D eigenvalue weighted by Gasteiger charge is -2.09. The number of nitriles is 1. The van der Waals surface area contributed by atoms with E-state index < -0.39 is 0 Å². The second-order valence-corrected chi connectivity index (χ2v) is 5.21. The van der Waals surface area contributed by atoms with E-state index in [0.717, 1.165) is 16.0 Å². The fourth-order valence-electron chi connectivity index (χ4n) is 2.02. The van der Waals surface area contributed by atoms with E-state index in [2.05, 4.69) is 6.07 Å². The Morgan fingerprint density at radius 3 is 2.47 bits per heavy atom. The molecular formula is C14H14N2O2S. The summed E-state index contributed by atoms with van der Waals surface area (Å²) < 4.78 is 10.5. The van der Waals surface area contributed by atoms with Gasteiger partial charge in [0.15, 0.2) is 11.5 Å². The second-order valence-electron chi connectivity index (χ2n) is 3.95. The molecule has 2 rings (SSSR count). The first-order valence-corrected chi connectivity index (χ1v) is 6.45. The van der Waals surface area contributed by atoms with E-state index in [1.54, 1.807) is 14.2 Å². The van der Waals surface area contributed by atoms with Crippen LogP contribution < -0.4 is 15.2 Å². The van der Waals surface area contributed by atoms with Gasteiger partial charge in [0.05, 0.1) is 19.8 Å². The van der Waals surface area contributed by atoms with Crippen molar-refractivity contribution in [3.05, 3.63) is 28.6 Å². The van der Waals surface area contributed by atoms with Gasteiger partial charge in [-0.1, -0.05) is 6.07 Å². The van der Waals surface area contributed by atoms with E-state index in [1.807, 2.05) is 25.1 Å². The Bertz CT molecular complexity index is 656. The fourth-order valence-corrected chi connectivity index (χ4v) is 2.92. The van der Waals surface area contributed by atoms with Crippen molar-refractivity contribution in [1.29, 1.82) is 5.26 Å². The largest absolute Gasteiger partial charge is 0.493 e. The highest BCUT2D eigenvalue weighted by Crippen LogP contribution is 2.40. The van der Waals surface area contributed by atoms with E-state index in [-0.39, 0.29) is 0 Å². The molecule has 98 valence electrons. The smallest absolute Gasteiger partial charge is 0.161 e. The van der Waals surface area contributed by atoms with Crippen molar-refractivity contribution in [1.82, 2.24) is 0 Å². The standard InChI is InChI=1S/C14H14N2O2S/c1-8-13(10(7-15)14(16)19-8)9-4-5-11(17-2)12(6-9)18-3/h4-6H,16H2,1-3H3. The van der Waals surface area contributed by atoms with Crippen molar-refractivity contribution < 1.29 is 9.47 Å². The summed E-state index contributed by atoms with van der Waals surface area (Å²) in [4.78, 5) is 1.02. The molecule has 2 N–H and O–H groups in total. The van der Waals surface area contributed by atoms with Crippen molar-refractivity contribution >= 4 is 16.3 Å². The van der Waals surface area contributed by atoms with Gasteiger partial charge in [-0.15, -0.1) is 11.3 Å². The van der Waals surface area contributed by atoms with E-state index in [4.69, 9.17) is 15.2 Å². The van der Waals surface area contributed by atoms with Gasteiger partial charge in [-0.25, -0.2) is 0 Å². The van der Waals surface area contributed by atoms with E-state index >= 15 is 0 Å². The first kappa shape index (κ1) is 13.2. The van der Waals surface area contributed by atoms with Crippen LogP contribution in [-0.4, -0.2) is 14.2 Å². The lowest BCUT2D eigenvalue weighted by atomic mass is 10.0. The molecule has 0 atom stereocenters. The number of benzene rings is 1. The van der Waals surface area contributed by atoms with Crippen LogP contribution in [0, 0.1) is 18.3 Å². The number of ether oxygens (including phenoxy) is 2. The minimum Gasteiger partial charge on any atom is -0.493 e. The van der Waals surface area contributed by atoms with Gasteiger partial charge >= 0.3 is 0 Å². The minimum atomic E-state index is 0.523. The lowest BCUT2D eigenvalue weighted by Crippen LogP contribution is -1.92. The lowest BCUT2D eigenvalue weighted by molar-refractivity contribution is 0.355. The molecule has 0 amide bonds. The maximum absolute atomic E-state index is 9.22. The Balaban J connectivity index is 2.63. The van der Waals surface area contributed by atoms with Gasteiger partial charge in [-0.2, -0.15) is 5.26 Å². The van der Waals surface area contributed by atoms with Crippen molar-refractivity contribution in [2.24, 2.45) is 0 Å². The van der Waals surface area contributed by atoms with E-state index in [0.29, 0.717) is 22.1 Å². The quantitative estimate of drug-likeness (QED) is 0.933. The van der Waals surface area contributed by atoms with Gasteiger partial charge in [-0.05, 0) is 24.6 Å². The summed E-state index contributed by atoms with van der Waals surface area (Å²) in [5, 5.41) is 9.77. The Hall–Kier alpha value is -2.19. The molecule has 1 aromatic heterocycles. The summed E-state index contributed by atoms with van der Waals surface area (Å²) in [5.41, 5.74) is 8.15. The molecule has 19 heavy (non-hydrogen) atoms. The molecule has 0 aliphatic rings. The van der Waals surface area contributed by atoms with Crippen LogP contribution in [0.1, 0.15) is 10.4 Å². The molecule has 0 aliphatic heterocycles. The number of anilines is 1. The molecular weight excluding hydrogens is 260 g/mol. The molecule has 4 nitrogen and oxygen atoms in total. The number of thiophene rings is 1. The normalized spacial score (nSPS) is 10.0. The Morgan fingerprint density at radius 1 is 1.21 bits per heavy atom. The molecule has 0 bridgehead atoms. The summed E-state index contributed by atoms with van der Waals surface area (Å²) in [5.74, 6) is 1.29. The number of aryl methyl sites for hydroxylation is 1. The van der Waals surface area contributed by atoms with Crippen molar-refractivity contribution in [2.75, 3.05) is 20.0 Å². The van der Waals surface area contributed by atoms with Crippen LogP contribution in [0.2, 0.25) is 0 Å². The number of nitrogens with two attached hydrogens (primary N) is 1. The van der Waals surface area contributed by atoms with Gasteiger partial charge in [0.2, 0.25) is 0 Å². The Kier molecular flexibility index (Phi) is 3.63. The Morgan fingerprint density at radius 2 is 1.89 bits per heavy atom. The fraction of sp³-hybridized carbons (Fsp3) is 0.214. The number of hydrogen-bond donors (Lipinski definition) is 1. The molecule has 5 heteroatoms. The predicted octanol–water partition coefficient (Wildman–Crippen LogP) is 3.19. The maximum atomic E-state index is 9.22. The summed E-state index contributed by atoms with van der Waals surface area (Å²) in [6.07, 6.45) is 0. The van der Waals surface area contributed by atoms with Crippen LogP contribution in [0.15, 0.2) is 18.2 Å². The molecule has 2 aromatic rings. The number of methoxy groups -OCH3 is 2. The zero-order valence-corrected chi connectivity index (χ0v) is 11.8. The van der Waals surface area contributed by atoms with Gasteiger partial charge in [0, 0.05) is 10.4 Å². The van der Waals surface area contributed by atoms with Crippen molar-refractivity contribution in [3.8, 4) is 28.7 Å². The third-order valence-electron chi connectivity index (χ3n) is 2.90. The first-order valence-electron chi connectivity index (χ1n) is 5.63. The molecule has 1 heterocycles. The highest BCUT2D eigenvalue weighted by molar-refractivity contribution is 7.16. The molecule has 0 aliphatic carbocycles. The van der Waals surface area contributed by atoms with Gasteiger partial charge < -0.3 is 15.2 Å². The predicted molar refractivity (Wildman–Crippen MR) is 76.7 cm³/mol. The van der Waals surface area contributed by atoms with Crippen LogP contribution in [0.25, 0.3) is 11.1 Å². The van der Waals surface area contributed by atoms with Crippen LogP contribution >= 0.6 is 11.3 Å². The molecule has 0 saturated carbocycles. The third-order valence-corrected chi connectivity index (χ3v) is 3.83. The second kappa shape index (κ2) is 5.21. The van der Waals surface area contributed by atoms with Crippen LogP contribution in [-0.2, 0) is 0 Å². The van der Waals surface area contributed by atoms with Crippen LogP contribution in [0.5, 0.6) is 11.5 Å². The molecule has 0 saturated heterocycles. The zero-order chi connectivity index (χ0) is 14.0. The number of nitrogen functional groups attached to an aromatic ring is 1. The topological polar surface area (TPSA) is 68.3 Å². The average molecular weight is 274 g/mol. The number of rotatable bonds is 3. The molecule has 0 unspecified atom stereocenters. The summed E-state index contributed by atoms with van der Waals surface area (Å²) >= 11 is 1.42. The van der Waals surface area contributed by atoms with E-state index in [9.17, 15) is 5.26 Å². The van der Waals surface area contributed by atoms with Gasteiger partial charge in [0.1, 0.15) is 11.1 Å². The monoisotopic (exact) mass is 274 g/mol. The average Bonchev–Trinajstić information content (AvgIpc) is 2.71. The highest BCUT2D eigenvalue weighted by atomic mass is 32.1. The van der Waals surface area contributed by atoms with Crippen LogP contribution in [0.4, 0.5) is 5.00 Å². The minimum absolute atomic E-state index is 0.523. The summed E-state index contributed by atoms with van der Waals surface area (Å²) in [6.45, 7) is 1.95. The maximum Gasteiger partial charge on any atom is 0.161 e. The van der Waals surface area contributed by atoms with Crippen molar-refractivity contribution in [3.63, 3.8) is 0 Å². The highest BCUT2D eigenvalue weighted by Gasteiger charge is 2.16. The third kappa shape index (κ3) is 2.23. The van der Waals surface area contributed by atoms with Crippen LogP contribution in [0.3, 0.4) is 0 Å². The van der Waals surface area contributed by atoms with Gasteiger partial charge in [0.25, 0.3) is 0 Å². The zero-order valence-electron chi connectivity index (χ0n) is 11.0. The van der Waals surface area contributed by atoms with Crippen molar-refractivity contribution in [2.45, 2.75) is 6.92 Å². The molecule has 1 aromatic carbocycles. The molecule has 0 fully saturated rings. The van der Waals surface area contributed by atoms with E-state index in [1.165, 1.54) is 11.3 Å². The number of nitrogens with zero attached hydrogens (tertiary/aromatic N) is 1. The Labute approximate surface area is 116 Å². The number of hydrogen-bond acceptors (Lipinski definition) is 5. The van der Waals surface area contributed by atoms with Gasteiger partial charge in [-0.3, -0.25) is 0 Å². The summed E-state index contributed by atoms with van der Waals surface area (Å²) in [7, 11) is 3.17. The first-order chi connectivity index (χ1) is 9.12. The molecule has 0 radical (unpaired) electrons.